The van der Waals surface area contributed by atoms with E-state index in [2.05, 4.69) is 59.7 Å². The van der Waals surface area contributed by atoms with Crippen LogP contribution in [-0.2, 0) is 19.5 Å². The number of likely N-dealkylation sites (tertiary alicyclic amines) is 1. The van der Waals surface area contributed by atoms with Crippen LogP contribution in [0.4, 0.5) is 23.1 Å². The summed E-state index contributed by atoms with van der Waals surface area (Å²) in [4.78, 5) is 22.0. The lowest BCUT2D eigenvalue weighted by molar-refractivity contribution is 0.221. The van der Waals surface area contributed by atoms with Gasteiger partial charge in [0.15, 0.2) is 5.82 Å². The molecule has 0 unspecified atom stereocenters. The first-order valence-corrected chi connectivity index (χ1v) is 11.6. The van der Waals surface area contributed by atoms with E-state index in [4.69, 9.17) is 4.98 Å². The highest BCUT2D eigenvalue weighted by Gasteiger charge is 2.24. The minimum Gasteiger partial charge on any atom is -0.357 e. The van der Waals surface area contributed by atoms with E-state index in [9.17, 15) is 0 Å². The summed E-state index contributed by atoms with van der Waals surface area (Å²) in [5.41, 5.74) is 6.59. The number of anilines is 4. The first-order chi connectivity index (χ1) is 15.7. The van der Waals surface area contributed by atoms with Gasteiger partial charge in [-0.25, -0.2) is 9.97 Å². The van der Waals surface area contributed by atoms with Crippen molar-refractivity contribution in [2.24, 2.45) is 0 Å². The molecule has 0 spiro atoms. The lowest BCUT2D eigenvalue weighted by atomic mass is 10.1. The predicted octanol–water partition coefficient (Wildman–Crippen LogP) is 3.84. The molecule has 8 heteroatoms. The van der Waals surface area contributed by atoms with Crippen LogP contribution < -0.4 is 15.5 Å². The number of imidazole rings is 1. The average Bonchev–Trinajstić information content (AvgIpc) is 3.30. The maximum atomic E-state index is 4.82. The highest BCUT2D eigenvalue weighted by atomic mass is 15.3. The van der Waals surface area contributed by atoms with Crippen molar-refractivity contribution in [3.63, 3.8) is 0 Å². The second kappa shape index (κ2) is 9.16. The van der Waals surface area contributed by atoms with Gasteiger partial charge in [0.05, 0.1) is 24.3 Å². The Hall–Kier alpha value is -3.13. The van der Waals surface area contributed by atoms with Crippen LogP contribution in [0.2, 0.25) is 0 Å². The lowest BCUT2D eigenvalue weighted by Crippen LogP contribution is -2.32. The van der Waals surface area contributed by atoms with E-state index in [1.165, 1.54) is 43.6 Å². The van der Waals surface area contributed by atoms with E-state index < -0.39 is 0 Å². The van der Waals surface area contributed by atoms with Gasteiger partial charge in [0.1, 0.15) is 5.69 Å². The van der Waals surface area contributed by atoms with Gasteiger partial charge in [0.2, 0.25) is 5.95 Å². The highest BCUT2D eigenvalue weighted by Crippen LogP contribution is 2.33. The van der Waals surface area contributed by atoms with Crippen molar-refractivity contribution in [1.29, 1.82) is 0 Å². The molecule has 4 heterocycles. The number of aryl methyl sites for hydroxylation is 1. The van der Waals surface area contributed by atoms with Crippen LogP contribution in [0.25, 0.3) is 0 Å². The molecule has 0 amide bonds. The maximum absolute atomic E-state index is 4.82. The van der Waals surface area contributed by atoms with Crippen LogP contribution in [-0.4, -0.2) is 51.5 Å². The van der Waals surface area contributed by atoms with E-state index in [-0.39, 0.29) is 0 Å². The molecule has 32 heavy (non-hydrogen) atoms. The molecule has 0 saturated carbocycles. The summed E-state index contributed by atoms with van der Waals surface area (Å²) in [6.45, 7) is 7.12. The monoisotopic (exact) mass is 432 g/mol. The zero-order chi connectivity index (χ0) is 21.9. The van der Waals surface area contributed by atoms with Crippen molar-refractivity contribution in [2.75, 3.05) is 42.2 Å². The van der Waals surface area contributed by atoms with Gasteiger partial charge in [-0.2, -0.15) is 4.98 Å². The van der Waals surface area contributed by atoms with Gasteiger partial charge in [0, 0.05) is 37.9 Å². The van der Waals surface area contributed by atoms with E-state index in [1.807, 2.05) is 14.0 Å². The van der Waals surface area contributed by atoms with Crippen molar-refractivity contribution in [3.05, 3.63) is 53.2 Å². The van der Waals surface area contributed by atoms with Crippen LogP contribution in [0, 0.1) is 6.92 Å². The summed E-state index contributed by atoms with van der Waals surface area (Å²) in [5.74, 6) is 1.54. The van der Waals surface area contributed by atoms with Crippen molar-refractivity contribution < 1.29 is 0 Å². The molecule has 2 aliphatic heterocycles. The molecule has 0 radical (unpaired) electrons. The lowest BCUT2D eigenvalue weighted by Gasteiger charge is -2.30. The summed E-state index contributed by atoms with van der Waals surface area (Å²) in [6.07, 6.45) is 6.72. The van der Waals surface area contributed by atoms with Crippen molar-refractivity contribution in [1.82, 2.24) is 24.8 Å². The average molecular weight is 433 g/mol. The zero-order valence-electron chi connectivity index (χ0n) is 19.0. The molecule has 8 nitrogen and oxygen atoms in total. The Kier molecular flexibility index (Phi) is 5.94. The molecule has 0 bridgehead atoms. The van der Waals surface area contributed by atoms with Crippen molar-refractivity contribution in [3.8, 4) is 0 Å². The Labute approximate surface area is 189 Å². The van der Waals surface area contributed by atoms with Crippen LogP contribution in [0.15, 0.2) is 30.6 Å². The van der Waals surface area contributed by atoms with E-state index in [0.717, 1.165) is 54.6 Å². The number of benzene rings is 1. The topological polar surface area (TPSA) is 85.0 Å². The Morgan fingerprint density at radius 3 is 2.62 bits per heavy atom. The van der Waals surface area contributed by atoms with E-state index >= 15 is 0 Å². The summed E-state index contributed by atoms with van der Waals surface area (Å²) in [5, 5.41) is 6.70. The fourth-order valence-corrected chi connectivity index (χ4v) is 4.65. The summed E-state index contributed by atoms with van der Waals surface area (Å²) >= 11 is 0. The summed E-state index contributed by atoms with van der Waals surface area (Å²) in [6, 6.07) is 8.78. The minimum atomic E-state index is 0.632. The van der Waals surface area contributed by atoms with Gasteiger partial charge >= 0.3 is 0 Å². The molecular formula is C24H32N8. The molecule has 1 fully saturated rings. The molecule has 1 aromatic carbocycles. The van der Waals surface area contributed by atoms with Crippen LogP contribution in [0.3, 0.4) is 0 Å². The molecule has 5 rings (SSSR count). The minimum absolute atomic E-state index is 0.632. The Morgan fingerprint density at radius 2 is 1.84 bits per heavy atom. The standard InChI is InChI=1S/C24H32N8/c1-17-22(29-19-8-6-18(7-9-19)14-31-11-4-3-5-12-31)23(30-24(25-2)28-17)32-13-10-20-21(15-32)27-16-26-20/h6-9,16,29H,3-5,10-15H2,1-2H3,(H,26,27)(H,25,28,30). The van der Waals surface area contributed by atoms with Crippen LogP contribution in [0.1, 0.15) is 41.9 Å². The largest absolute Gasteiger partial charge is 0.357 e. The third-order valence-electron chi connectivity index (χ3n) is 6.45. The molecular weight excluding hydrogens is 400 g/mol. The van der Waals surface area contributed by atoms with E-state index in [0.29, 0.717) is 5.95 Å². The number of aromatic amines is 1. The fourth-order valence-electron chi connectivity index (χ4n) is 4.65. The van der Waals surface area contributed by atoms with Crippen molar-refractivity contribution >= 4 is 23.1 Å². The number of H-pyrrole nitrogens is 1. The van der Waals surface area contributed by atoms with Gasteiger partial charge in [-0.1, -0.05) is 18.6 Å². The molecule has 3 aromatic rings. The van der Waals surface area contributed by atoms with Gasteiger partial charge in [-0.15, -0.1) is 0 Å². The quantitative estimate of drug-likeness (QED) is 0.546. The first-order valence-electron chi connectivity index (χ1n) is 11.6. The molecule has 2 aliphatic rings. The molecule has 1 saturated heterocycles. The van der Waals surface area contributed by atoms with E-state index in [1.54, 1.807) is 6.33 Å². The normalized spacial score (nSPS) is 16.6. The smallest absolute Gasteiger partial charge is 0.224 e. The molecule has 2 aromatic heterocycles. The number of rotatable bonds is 6. The first kappa shape index (κ1) is 20.8. The number of nitrogens with zero attached hydrogens (tertiary/aromatic N) is 5. The van der Waals surface area contributed by atoms with Gasteiger partial charge in [-0.05, 0) is 50.6 Å². The number of aromatic nitrogens is 4. The second-order valence-corrected chi connectivity index (χ2v) is 8.74. The molecule has 0 atom stereocenters. The third-order valence-corrected chi connectivity index (χ3v) is 6.45. The number of nitrogens with one attached hydrogen (secondary N) is 3. The predicted molar refractivity (Wildman–Crippen MR) is 129 cm³/mol. The third kappa shape index (κ3) is 4.41. The number of hydrogen-bond acceptors (Lipinski definition) is 7. The summed E-state index contributed by atoms with van der Waals surface area (Å²) < 4.78 is 0. The maximum Gasteiger partial charge on any atom is 0.224 e. The Balaban J connectivity index is 1.37. The van der Waals surface area contributed by atoms with Gasteiger partial charge in [-0.3, -0.25) is 4.90 Å². The number of piperidine rings is 1. The SMILES string of the molecule is CNc1nc(C)c(Nc2ccc(CN3CCCCC3)cc2)c(N2CCc3[nH]cnc3C2)n1. The van der Waals surface area contributed by atoms with Crippen molar-refractivity contribution in [2.45, 2.75) is 45.7 Å². The number of fused-ring (bicyclic) bond motifs is 1. The molecule has 3 N–H and O–H groups in total. The van der Waals surface area contributed by atoms with Gasteiger partial charge in [0.25, 0.3) is 0 Å². The van der Waals surface area contributed by atoms with Crippen LogP contribution >= 0.6 is 0 Å². The number of hydrogen-bond donors (Lipinski definition) is 3. The van der Waals surface area contributed by atoms with Gasteiger partial charge < -0.3 is 20.5 Å². The summed E-state index contributed by atoms with van der Waals surface area (Å²) in [7, 11) is 1.86. The van der Waals surface area contributed by atoms with Crippen LogP contribution in [0.5, 0.6) is 0 Å². The Morgan fingerprint density at radius 1 is 1.03 bits per heavy atom. The second-order valence-electron chi connectivity index (χ2n) is 8.74. The highest BCUT2D eigenvalue weighted by molar-refractivity contribution is 5.75. The Bertz CT molecular complexity index is 1050. The fraction of sp³-hybridized carbons (Fsp3) is 0.458. The zero-order valence-corrected chi connectivity index (χ0v) is 19.0. The molecule has 168 valence electrons. The molecule has 0 aliphatic carbocycles.